The standard InChI is InChI=1S/C10H10FNO3/c1-15-10(14)12-9(13)6-7-2-4-8(11)5-3-7/h2-5H,6H2,1H3,(H,12,13,14). The van der Waals surface area contributed by atoms with E-state index in [1.807, 2.05) is 5.32 Å². The van der Waals surface area contributed by atoms with E-state index >= 15 is 0 Å². The van der Waals surface area contributed by atoms with Gasteiger partial charge in [-0.05, 0) is 17.7 Å². The molecule has 0 heterocycles. The van der Waals surface area contributed by atoms with Crippen molar-refractivity contribution in [2.24, 2.45) is 0 Å². The summed E-state index contributed by atoms with van der Waals surface area (Å²) in [4.78, 5) is 21.8. The third-order valence-electron chi connectivity index (χ3n) is 1.70. The monoisotopic (exact) mass is 211 g/mol. The predicted octanol–water partition coefficient (Wildman–Crippen LogP) is 1.25. The largest absolute Gasteiger partial charge is 0.453 e. The first-order chi connectivity index (χ1) is 7.11. The number of alkyl carbamates (subject to hydrolysis) is 1. The van der Waals surface area contributed by atoms with E-state index < -0.39 is 12.0 Å². The smallest absolute Gasteiger partial charge is 0.413 e. The van der Waals surface area contributed by atoms with E-state index in [0.29, 0.717) is 5.56 Å². The Morgan fingerprint density at radius 3 is 2.47 bits per heavy atom. The number of halogens is 1. The van der Waals surface area contributed by atoms with Gasteiger partial charge in [0, 0.05) is 0 Å². The number of imide groups is 1. The van der Waals surface area contributed by atoms with E-state index in [0.717, 1.165) is 0 Å². The summed E-state index contributed by atoms with van der Waals surface area (Å²) in [6, 6.07) is 5.46. The first-order valence-electron chi connectivity index (χ1n) is 4.24. The zero-order chi connectivity index (χ0) is 11.3. The summed E-state index contributed by atoms with van der Waals surface area (Å²) in [5, 5.41) is 2.00. The lowest BCUT2D eigenvalue weighted by Crippen LogP contribution is -2.31. The Bertz CT molecular complexity index is 361. The molecule has 0 aliphatic rings. The number of rotatable bonds is 2. The van der Waals surface area contributed by atoms with Gasteiger partial charge in [-0.1, -0.05) is 12.1 Å². The normalized spacial score (nSPS) is 9.47. The molecule has 0 bridgehead atoms. The highest BCUT2D eigenvalue weighted by Gasteiger charge is 2.07. The van der Waals surface area contributed by atoms with E-state index in [4.69, 9.17) is 0 Å². The van der Waals surface area contributed by atoms with Crippen molar-refractivity contribution >= 4 is 12.0 Å². The number of amides is 2. The molecule has 0 radical (unpaired) electrons. The third kappa shape index (κ3) is 3.76. The Hall–Kier alpha value is -1.91. The van der Waals surface area contributed by atoms with Gasteiger partial charge in [0.1, 0.15) is 5.82 Å². The number of ether oxygens (including phenoxy) is 1. The average molecular weight is 211 g/mol. The lowest BCUT2D eigenvalue weighted by molar-refractivity contribution is -0.119. The summed E-state index contributed by atoms with van der Waals surface area (Å²) in [6.45, 7) is 0. The van der Waals surface area contributed by atoms with Crippen LogP contribution in [0.15, 0.2) is 24.3 Å². The van der Waals surface area contributed by atoms with Crippen LogP contribution in [0.1, 0.15) is 5.56 Å². The molecule has 1 rings (SSSR count). The highest BCUT2D eigenvalue weighted by atomic mass is 19.1. The molecular formula is C10H10FNO3. The Balaban J connectivity index is 2.51. The molecule has 0 spiro atoms. The Morgan fingerprint density at radius 1 is 1.33 bits per heavy atom. The average Bonchev–Trinajstić information content (AvgIpc) is 2.21. The summed E-state index contributed by atoms with van der Waals surface area (Å²) in [5.74, 6) is -0.861. The molecule has 0 saturated carbocycles. The SMILES string of the molecule is COC(=O)NC(=O)Cc1ccc(F)cc1. The minimum Gasteiger partial charge on any atom is -0.453 e. The van der Waals surface area contributed by atoms with Crippen LogP contribution in [0.5, 0.6) is 0 Å². The van der Waals surface area contributed by atoms with Crippen molar-refractivity contribution < 1.29 is 18.7 Å². The summed E-state index contributed by atoms with van der Waals surface area (Å²) in [7, 11) is 1.17. The lowest BCUT2D eigenvalue weighted by atomic mass is 10.1. The van der Waals surface area contributed by atoms with Crippen molar-refractivity contribution in [3.8, 4) is 0 Å². The van der Waals surface area contributed by atoms with Gasteiger partial charge >= 0.3 is 6.09 Å². The van der Waals surface area contributed by atoms with Crippen LogP contribution >= 0.6 is 0 Å². The molecule has 1 aromatic carbocycles. The lowest BCUT2D eigenvalue weighted by Gasteiger charge is -2.02. The fourth-order valence-corrected chi connectivity index (χ4v) is 0.997. The van der Waals surface area contributed by atoms with E-state index in [9.17, 15) is 14.0 Å². The van der Waals surface area contributed by atoms with Crippen molar-refractivity contribution in [3.05, 3.63) is 35.6 Å². The summed E-state index contributed by atoms with van der Waals surface area (Å²) >= 11 is 0. The van der Waals surface area contributed by atoms with Crippen molar-refractivity contribution in [2.75, 3.05) is 7.11 Å². The van der Waals surface area contributed by atoms with Crippen LogP contribution in [-0.2, 0) is 16.0 Å². The molecule has 0 atom stereocenters. The van der Waals surface area contributed by atoms with E-state index in [2.05, 4.69) is 4.74 Å². The number of nitrogens with one attached hydrogen (secondary N) is 1. The topological polar surface area (TPSA) is 55.4 Å². The first kappa shape index (κ1) is 11.2. The van der Waals surface area contributed by atoms with Crippen molar-refractivity contribution in [3.63, 3.8) is 0 Å². The van der Waals surface area contributed by atoms with Crippen LogP contribution in [0.3, 0.4) is 0 Å². The first-order valence-corrected chi connectivity index (χ1v) is 4.24. The van der Waals surface area contributed by atoms with Crippen molar-refractivity contribution in [1.82, 2.24) is 5.32 Å². The predicted molar refractivity (Wildman–Crippen MR) is 50.7 cm³/mol. The zero-order valence-corrected chi connectivity index (χ0v) is 8.12. The molecule has 0 aliphatic carbocycles. The maximum Gasteiger partial charge on any atom is 0.413 e. The fourth-order valence-electron chi connectivity index (χ4n) is 0.997. The van der Waals surface area contributed by atoms with Gasteiger partial charge in [0.2, 0.25) is 5.91 Å². The number of benzene rings is 1. The molecule has 4 nitrogen and oxygen atoms in total. The number of carbonyl (C=O) groups is 2. The van der Waals surface area contributed by atoms with Gasteiger partial charge in [-0.2, -0.15) is 0 Å². The molecule has 2 amide bonds. The van der Waals surface area contributed by atoms with Crippen LogP contribution in [0.4, 0.5) is 9.18 Å². The molecule has 1 N–H and O–H groups in total. The summed E-state index contributed by atoms with van der Waals surface area (Å²) in [6.07, 6.45) is -0.794. The maximum atomic E-state index is 12.5. The molecule has 0 saturated heterocycles. The van der Waals surface area contributed by atoms with Gasteiger partial charge in [-0.3, -0.25) is 10.1 Å². The van der Waals surface area contributed by atoms with Crippen LogP contribution in [0.2, 0.25) is 0 Å². The molecule has 1 aromatic rings. The number of carbonyl (C=O) groups excluding carboxylic acids is 2. The highest BCUT2D eigenvalue weighted by molar-refractivity contribution is 5.92. The third-order valence-corrected chi connectivity index (χ3v) is 1.70. The molecule has 0 aliphatic heterocycles. The van der Waals surface area contributed by atoms with E-state index in [-0.39, 0.29) is 12.2 Å². The molecule has 80 valence electrons. The van der Waals surface area contributed by atoms with Crippen LogP contribution in [0.25, 0.3) is 0 Å². The van der Waals surface area contributed by atoms with Gasteiger partial charge < -0.3 is 4.74 Å². The minimum atomic E-state index is -0.804. The van der Waals surface area contributed by atoms with Crippen LogP contribution < -0.4 is 5.32 Å². The molecule has 15 heavy (non-hydrogen) atoms. The van der Waals surface area contributed by atoms with Crippen molar-refractivity contribution in [1.29, 1.82) is 0 Å². The second kappa shape index (κ2) is 5.09. The van der Waals surface area contributed by atoms with Gasteiger partial charge in [-0.15, -0.1) is 0 Å². The van der Waals surface area contributed by atoms with Crippen LogP contribution in [-0.4, -0.2) is 19.1 Å². The van der Waals surface area contributed by atoms with Gasteiger partial charge in [0.05, 0.1) is 13.5 Å². The van der Waals surface area contributed by atoms with Gasteiger partial charge in [-0.25, -0.2) is 9.18 Å². The Labute approximate surface area is 86.0 Å². The van der Waals surface area contributed by atoms with Gasteiger partial charge in [0.15, 0.2) is 0 Å². The number of methoxy groups -OCH3 is 1. The second-order valence-corrected chi connectivity index (χ2v) is 2.84. The molecule has 5 heteroatoms. The minimum absolute atomic E-state index is 0.00931. The summed E-state index contributed by atoms with van der Waals surface area (Å²) < 4.78 is 16.8. The van der Waals surface area contributed by atoms with Crippen molar-refractivity contribution in [2.45, 2.75) is 6.42 Å². The zero-order valence-electron chi connectivity index (χ0n) is 8.12. The number of hydrogen-bond donors (Lipinski definition) is 1. The van der Waals surface area contributed by atoms with Crippen LogP contribution in [0, 0.1) is 5.82 Å². The van der Waals surface area contributed by atoms with Gasteiger partial charge in [0.25, 0.3) is 0 Å². The summed E-state index contributed by atoms with van der Waals surface area (Å²) in [5.41, 5.74) is 0.623. The fraction of sp³-hybridized carbons (Fsp3) is 0.200. The highest BCUT2D eigenvalue weighted by Crippen LogP contribution is 2.03. The maximum absolute atomic E-state index is 12.5. The molecule has 0 fully saturated rings. The molecule has 0 aromatic heterocycles. The Kier molecular flexibility index (Phi) is 3.79. The van der Waals surface area contributed by atoms with E-state index in [1.54, 1.807) is 0 Å². The molecule has 0 unspecified atom stereocenters. The second-order valence-electron chi connectivity index (χ2n) is 2.84. The number of hydrogen-bond acceptors (Lipinski definition) is 3. The quantitative estimate of drug-likeness (QED) is 0.800. The Morgan fingerprint density at radius 2 is 1.93 bits per heavy atom. The molecular weight excluding hydrogens is 201 g/mol. The van der Waals surface area contributed by atoms with E-state index in [1.165, 1.54) is 31.4 Å².